The van der Waals surface area contributed by atoms with Gasteiger partial charge in [-0.3, -0.25) is 0 Å². The number of hydrogen-bond acceptors (Lipinski definition) is 3. The molecule has 3 nitrogen and oxygen atoms in total. The molecule has 3 atom stereocenters. The summed E-state index contributed by atoms with van der Waals surface area (Å²) in [5.41, 5.74) is 6.28. The second-order valence-corrected chi connectivity index (χ2v) is 5.79. The van der Waals surface area contributed by atoms with Crippen LogP contribution >= 0.6 is 0 Å². The van der Waals surface area contributed by atoms with Crippen LogP contribution in [0.5, 0.6) is 0 Å². The molecule has 3 unspecified atom stereocenters. The molecule has 0 aromatic carbocycles. The van der Waals surface area contributed by atoms with Crippen molar-refractivity contribution in [3.63, 3.8) is 0 Å². The van der Waals surface area contributed by atoms with Gasteiger partial charge in [-0.2, -0.15) is 0 Å². The van der Waals surface area contributed by atoms with Crippen LogP contribution in [0, 0.1) is 11.3 Å². The van der Waals surface area contributed by atoms with E-state index in [1.54, 1.807) is 0 Å². The number of nitrogens with one attached hydrogen (secondary N) is 1. The smallest absolute Gasteiger partial charge is 0.0509 e. The Morgan fingerprint density at radius 1 is 1.47 bits per heavy atom. The predicted molar refractivity (Wildman–Crippen MR) is 63.8 cm³/mol. The van der Waals surface area contributed by atoms with Gasteiger partial charge >= 0.3 is 0 Å². The van der Waals surface area contributed by atoms with Gasteiger partial charge in [0.25, 0.3) is 0 Å². The van der Waals surface area contributed by atoms with Gasteiger partial charge in [-0.25, -0.2) is 0 Å². The van der Waals surface area contributed by atoms with Crippen LogP contribution in [0.1, 0.15) is 34.1 Å². The molecular weight excluding hydrogens is 188 g/mol. The molecule has 1 aliphatic heterocycles. The topological polar surface area (TPSA) is 47.3 Å². The molecule has 1 fully saturated rings. The minimum Gasteiger partial charge on any atom is -0.381 e. The quantitative estimate of drug-likeness (QED) is 0.743. The van der Waals surface area contributed by atoms with Crippen LogP contribution in [0.4, 0.5) is 0 Å². The van der Waals surface area contributed by atoms with Gasteiger partial charge in [0.2, 0.25) is 0 Å². The van der Waals surface area contributed by atoms with Gasteiger partial charge in [-0.15, -0.1) is 0 Å². The Bertz CT molecular complexity index is 183. The molecule has 0 spiro atoms. The second-order valence-electron chi connectivity index (χ2n) is 5.79. The van der Waals surface area contributed by atoms with Crippen molar-refractivity contribution in [1.29, 1.82) is 0 Å². The van der Waals surface area contributed by atoms with E-state index in [1.165, 1.54) is 6.42 Å². The standard InChI is InChI=1S/C12H26N2O/c1-9(10-5-6-15-8-10)14-7-11(13)12(2,3)4/h9-11,14H,5-8,13H2,1-4H3. The molecule has 0 aromatic heterocycles. The maximum absolute atomic E-state index is 6.10. The lowest BCUT2D eigenvalue weighted by Crippen LogP contribution is -2.47. The fourth-order valence-corrected chi connectivity index (χ4v) is 1.73. The van der Waals surface area contributed by atoms with Gasteiger partial charge in [0.05, 0.1) is 6.61 Å². The van der Waals surface area contributed by atoms with Crippen molar-refractivity contribution in [3.05, 3.63) is 0 Å². The summed E-state index contributed by atoms with van der Waals surface area (Å²) < 4.78 is 5.38. The highest BCUT2D eigenvalue weighted by Gasteiger charge is 2.25. The third-order valence-electron chi connectivity index (χ3n) is 3.44. The number of rotatable bonds is 4. The van der Waals surface area contributed by atoms with Crippen molar-refractivity contribution in [3.8, 4) is 0 Å². The van der Waals surface area contributed by atoms with E-state index < -0.39 is 0 Å². The Balaban J connectivity index is 2.24. The number of nitrogens with two attached hydrogens (primary N) is 1. The molecule has 0 bridgehead atoms. The molecule has 0 saturated carbocycles. The molecule has 15 heavy (non-hydrogen) atoms. The van der Waals surface area contributed by atoms with Crippen LogP contribution in [0.25, 0.3) is 0 Å². The van der Waals surface area contributed by atoms with E-state index >= 15 is 0 Å². The number of hydrogen-bond donors (Lipinski definition) is 2. The summed E-state index contributed by atoms with van der Waals surface area (Å²) in [6.45, 7) is 11.5. The summed E-state index contributed by atoms with van der Waals surface area (Å²) in [7, 11) is 0. The Kier molecular flexibility index (Phi) is 4.56. The molecule has 0 aliphatic carbocycles. The van der Waals surface area contributed by atoms with Crippen LogP contribution in [-0.4, -0.2) is 31.8 Å². The summed E-state index contributed by atoms with van der Waals surface area (Å²) in [5.74, 6) is 0.664. The van der Waals surface area contributed by atoms with Crippen LogP contribution in [0.3, 0.4) is 0 Å². The molecule has 0 aromatic rings. The zero-order chi connectivity index (χ0) is 11.5. The van der Waals surface area contributed by atoms with Crippen LogP contribution in [0.15, 0.2) is 0 Å². The molecule has 90 valence electrons. The number of ether oxygens (including phenoxy) is 1. The summed E-state index contributed by atoms with van der Waals surface area (Å²) in [6, 6.07) is 0.725. The Labute approximate surface area is 93.8 Å². The first kappa shape index (κ1) is 12.9. The first-order chi connectivity index (χ1) is 6.91. The fourth-order valence-electron chi connectivity index (χ4n) is 1.73. The summed E-state index contributed by atoms with van der Waals surface area (Å²) in [4.78, 5) is 0. The minimum atomic E-state index is 0.179. The molecule has 1 heterocycles. The lowest BCUT2D eigenvalue weighted by molar-refractivity contribution is 0.177. The van der Waals surface area contributed by atoms with Gasteiger partial charge in [0.15, 0.2) is 0 Å². The van der Waals surface area contributed by atoms with Crippen molar-refractivity contribution >= 4 is 0 Å². The second kappa shape index (κ2) is 5.28. The zero-order valence-electron chi connectivity index (χ0n) is 10.5. The predicted octanol–water partition coefficient (Wildman–Crippen LogP) is 1.37. The maximum Gasteiger partial charge on any atom is 0.0509 e. The van der Waals surface area contributed by atoms with Gasteiger partial charge < -0.3 is 15.8 Å². The highest BCUT2D eigenvalue weighted by atomic mass is 16.5. The van der Waals surface area contributed by atoms with E-state index in [0.29, 0.717) is 12.0 Å². The van der Waals surface area contributed by atoms with Crippen molar-refractivity contribution in [1.82, 2.24) is 5.32 Å². The summed E-state index contributed by atoms with van der Waals surface area (Å²) in [6.07, 6.45) is 1.18. The Hall–Kier alpha value is -0.120. The van der Waals surface area contributed by atoms with E-state index in [1.807, 2.05) is 0 Å². The SMILES string of the molecule is CC(NCC(N)C(C)(C)C)C1CCOC1. The van der Waals surface area contributed by atoms with Crippen molar-refractivity contribution < 1.29 is 4.74 Å². The first-order valence-corrected chi connectivity index (χ1v) is 5.98. The molecule has 0 amide bonds. The first-order valence-electron chi connectivity index (χ1n) is 5.98. The average Bonchev–Trinajstić information content (AvgIpc) is 2.64. The normalized spacial score (nSPS) is 26.6. The third kappa shape index (κ3) is 4.09. The lowest BCUT2D eigenvalue weighted by atomic mass is 9.87. The molecule has 1 rings (SSSR count). The van der Waals surface area contributed by atoms with Gasteiger partial charge in [-0.05, 0) is 24.7 Å². The highest BCUT2D eigenvalue weighted by molar-refractivity contribution is 4.82. The monoisotopic (exact) mass is 214 g/mol. The molecule has 1 aliphatic rings. The van der Waals surface area contributed by atoms with Crippen molar-refractivity contribution in [2.75, 3.05) is 19.8 Å². The van der Waals surface area contributed by atoms with E-state index in [2.05, 4.69) is 33.0 Å². The lowest BCUT2D eigenvalue weighted by Gasteiger charge is -2.29. The summed E-state index contributed by atoms with van der Waals surface area (Å²) in [5, 5.41) is 3.53. The minimum absolute atomic E-state index is 0.179. The highest BCUT2D eigenvalue weighted by Crippen LogP contribution is 2.19. The van der Waals surface area contributed by atoms with E-state index in [-0.39, 0.29) is 11.5 Å². The largest absolute Gasteiger partial charge is 0.381 e. The fraction of sp³-hybridized carbons (Fsp3) is 1.00. The third-order valence-corrected chi connectivity index (χ3v) is 3.44. The molecule has 1 saturated heterocycles. The molecular formula is C12H26N2O. The van der Waals surface area contributed by atoms with Crippen LogP contribution < -0.4 is 11.1 Å². The zero-order valence-corrected chi connectivity index (χ0v) is 10.5. The van der Waals surface area contributed by atoms with Crippen LogP contribution in [-0.2, 0) is 4.74 Å². The average molecular weight is 214 g/mol. The Morgan fingerprint density at radius 2 is 2.13 bits per heavy atom. The Morgan fingerprint density at radius 3 is 2.60 bits per heavy atom. The van der Waals surface area contributed by atoms with Gasteiger partial charge in [0.1, 0.15) is 0 Å². The van der Waals surface area contributed by atoms with Gasteiger partial charge in [-0.1, -0.05) is 20.8 Å². The van der Waals surface area contributed by atoms with Gasteiger partial charge in [0, 0.05) is 25.2 Å². The van der Waals surface area contributed by atoms with Crippen molar-refractivity contribution in [2.24, 2.45) is 17.1 Å². The molecule has 3 heteroatoms. The van der Waals surface area contributed by atoms with E-state index in [4.69, 9.17) is 10.5 Å². The van der Waals surface area contributed by atoms with Crippen molar-refractivity contribution in [2.45, 2.75) is 46.2 Å². The summed E-state index contributed by atoms with van der Waals surface area (Å²) >= 11 is 0. The maximum atomic E-state index is 6.10. The molecule has 0 radical (unpaired) electrons. The van der Waals surface area contributed by atoms with E-state index in [0.717, 1.165) is 19.8 Å². The molecule has 3 N–H and O–H groups in total. The van der Waals surface area contributed by atoms with E-state index in [9.17, 15) is 0 Å². The van der Waals surface area contributed by atoms with Crippen LogP contribution in [0.2, 0.25) is 0 Å².